The molecule has 2 unspecified atom stereocenters. The van der Waals surface area contributed by atoms with E-state index >= 15 is 0 Å². The van der Waals surface area contributed by atoms with Crippen LogP contribution in [-0.4, -0.2) is 36.6 Å². The summed E-state index contributed by atoms with van der Waals surface area (Å²) in [6.07, 6.45) is 6.74. The van der Waals surface area contributed by atoms with Crippen molar-refractivity contribution in [2.24, 2.45) is 0 Å². The van der Waals surface area contributed by atoms with E-state index in [9.17, 15) is 0 Å². The van der Waals surface area contributed by atoms with Crippen molar-refractivity contribution in [1.82, 2.24) is 10.2 Å². The van der Waals surface area contributed by atoms with Gasteiger partial charge in [-0.3, -0.25) is 4.90 Å². The first-order valence-corrected chi connectivity index (χ1v) is 8.86. The Labute approximate surface area is 133 Å². The Hall–Kier alpha value is -1.38. The third-order valence-electron chi connectivity index (χ3n) is 5.55. The van der Waals surface area contributed by atoms with E-state index in [1.165, 1.54) is 61.5 Å². The lowest BCUT2D eigenvalue weighted by Crippen LogP contribution is -2.59. The monoisotopic (exact) mass is 294 g/mol. The summed E-state index contributed by atoms with van der Waals surface area (Å²) in [5.41, 5.74) is 1.50. The minimum absolute atomic E-state index is 0.745. The summed E-state index contributed by atoms with van der Waals surface area (Å²) >= 11 is 0. The molecule has 1 saturated carbocycles. The Balaban J connectivity index is 1.49. The molecule has 1 N–H and O–H groups in total. The zero-order chi connectivity index (χ0) is 14.8. The summed E-state index contributed by atoms with van der Waals surface area (Å²) in [4.78, 5) is 2.75. The highest BCUT2D eigenvalue weighted by molar-refractivity contribution is 5.85. The average Bonchev–Trinajstić information content (AvgIpc) is 2.60. The lowest BCUT2D eigenvalue weighted by atomic mass is 9.87. The number of piperazine rings is 1. The lowest BCUT2D eigenvalue weighted by molar-refractivity contribution is 0.0894. The summed E-state index contributed by atoms with van der Waals surface area (Å²) in [6, 6.07) is 17.0. The molecule has 2 atom stereocenters. The average molecular weight is 294 g/mol. The Kier molecular flexibility index (Phi) is 4.13. The molecule has 1 aliphatic heterocycles. The normalized spacial score (nSPS) is 26.0. The minimum atomic E-state index is 0.745. The van der Waals surface area contributed by atoms with Gasteiger partial charge in [-0.1, -0.05) is 55.3 Å². The zero-order valence-electron chi connectivity index (χ0n) is 13.3. The fourth-order valence-electron chi connectivity index (χ4n) is 4.40. The molecule has 2 aromatic carbocycles. The Morgan fingerprint density at radius 3 is 2.86 bits per heavy atom. The second-order valence-corrected chi connectivity index (χ2v) is 6.84. The van der Waals surface area contributed by atoms with Crippen molar-refractivity contribution in [2.75, 3.05) is 19.6 Å². The Morgan fingerprint density at radius 1 is 1.00 bits per heavy atom. The molecule has 0 spiro atoms. The van der Waals surface area contributed by atoms with E-state index in [1.54, 1.807) is 0 Å². The molecule has 0 bridgehead atoms. The van der Waals surface area contributed by atoms with Crippen LogP contribution in [0.3, 0.4) is 0 Å². The standard InChI is InChI=1S/C20H26N2/c1-2-9-18-16(6-1)7-5-8-17(18)12-14-22-15-13-21-19-10-3-4-11-20(19)22/h1-2,5-9,19-21H,3-4,10-15H2. The Morgan fingerprint density at radius 2 is 1.86 bits per heavy atom. The van der Waals surface area contributed by atoms with Gasteiger partial charge in [0.05, 0.1) is 0 Å². The molecule has 2 aliphatic rings. The molecule has 4 rings (SSSR count). The summed E-state index contributed by atoms with van der Waals surface area (Å²) in [5.74, 6) is 0. The number of benzene rings is 2. The van der Waals surface area contributed by atoms with E-state index in [2.05, 4.69) is 52.7 Å². The van der Waals surface area contributed by atoms with Crippen LogP contribution in [0.25, 0.3) is 10.8 Å². The summed E-state index contributed by atoms with van der Waals surface area (Å²) in [7, 11) is 0. The van der Waals surface area contributed by atoms with Crippen molar-refractivity contribution < 1.29 is 0 Å². The van der Waals surface area contributed by atoms with Crippen LogP contribution in [0.15, 0.2) is 42.5 Å². The number of hydrogen-bond acceptors (Lipinski definition) is 2. The quantitative estimate of drug-likeness (QED) is 0.930. The molecular weight excluding hydrogens is 268 g/mol. The molecule has 2 heteroatoms. The lowest BCUT2D eigenvalue weighted by Gasteiger charge is -2.44. The van der Waals surface area contributed by atoms with Crippen molar-refractivity contribution in [1.29, 1.82) is 0 Å². The van der Waals surface area contributed by atoms with Crippen LogP contribution in [-0.2, 0) is 6.42 Å². The highest BCUT2D eigenvalue weighted by atomic mass is 15.2. The first-order chi connectivity index (χ1) is 10.9. The van der Waals surface area contributed by atoms with Crippen LogP contribution in [0.5, 0.6) is 0 Å². The molecule has 22 heavy (non-hydrogen) atoms. The van der Waals surface area contributed by atoms with E-state index in [1.807, 2.05) is 0 Å². The van der Waals surface area contributed by atoms with Gasteiger partial charge < -0.3 is 5.32 Å². The fraction of sp³-hybridized carbons (Fsp3) is 0.500. The van der Waals surface area contributed by atoms with Crippen LogP contribution >= 0.6 is 0 Å². The van der Waals surface area contributed by atoms with Crippen molar-refractivity contribution >= 4 is 10.8 Å². The second kappa shape index (κ2) is 6.39. The van der Waals surface area contributed by atoms with Crippen molar-refractivity contribution in [2.45, 2.75) is 44.2 Å². The van der Waals surface area contributed by atoms with Gasteiger partial charge in [0.25, 0.3) is 0 Å². The van der Waals surface area contributed by atoms with Gasteiger partial charge in [0, 0.05) is 31.7 Å². The third kappa shape index (κ3) is 2.78. The maximum absolute atomic E-state index is 3.74. The molecule has 0 radical (unpaired) electrons. The molecule has 2 aromatic rings. The first kappa shape index (κ1) is 14.2. The summed E-state index contributed by atoms with van der Waals surface area (Å²) in [5, 5.41) is 6.54. The van der Waals surface area contributed by atoms with Crippen LogP contribution < -0.4 is 5.32 Å². The topological polar surface area (TPSA) is 15.3 Å². The first-order valence-electron chi connectivity index (χ1n) is 8.86. The molecular formula is C20H26N2. The van der Waals surface area contributed by atoms with Crippen LogP contribution in [0.2, 0.25) is 0 Å². The number of nitrogens with one attached hydrogen (secondary N) is 1. The number of hydrogen-bond donors (Lipinski definition) is 1. The van der Waals surface area contributed by atoms with Gasteiger partial charge in [-0.2, -0.15) is 0 Å². The number of rotatable bonds is 3. The molecule has 2 fully saturated rings. The van der Waals surface area contributed by atoms with Gasteiger partial charge in [0.2, 0.25) is 0 Å². The predicted octanol–water partition coefficient (Wildman–Crippen LogP) is 3.60. The van der Waals surface area contributed by atoms with Gasteiger partial charge in [-0.05, 0) is 35.6 Å². The van der Waals surface area contributed by atoms with Gasteiger partial charge in [0.1, 0.15) is 0 Å². The maximum atomic E-state index is 3.74. The van der Waals surface area contributed by atoms with Crippen molar-refractivity contribution in [3.8, 4) is 0 Å². The summed E-state index contributed by atoms with van der Waals surface area (Å²) < 4.78 is 0. The predicted molar refractivity (Wildman–Crippen MR) is 93.3 cm³/mol. The molecule has 1 heterocycles. The van der Waals surface area contributed by atoms with E-state index in [4.69, 9.17) is 0 Å². The number of nitrogens with zero attached hydrogens (tertiary/aromatic N) is 1. The van der Waals surface area contributed by atoms with Crippen LogP contribution in [0, 0.1) is 0 Å². The van der Waals surface area contributed by atoms with Crippen LogP contribution in [0.4, 0.5) is 0 Å². The van der Waals surface area contributed by atoms with E-state index < -0.39 is 0 Å². The Bertz CT molecular complexity index is 629. The highest BCUT2D eigenvalue weighted by Gasteiger charge is 2.32. The SMILES string of the molecule is c1ccc2c(CCN3CCNC4CCCCC43)cccc2c1. The van der Waals surface area contributed by atoms with E-state index in [0.717, 1.165) is 18.6 Å². The molecule has 0 amide bonds. The molecule has 116 valence electrons. The minimum Gasteiger partial charge on any atom is -0.311 e. The maximum Gasteiger partial charge on any atom is 0.0250 e. The van der Waals surface area contributed by atoms with Crippen molar-refractivity contribution in [3.63, 3.8) is 0 Å². The highest BCUT2D eigenvalue weighted by Crippen LogP contribution is 2.26. The molecule has 1 aliphatic carbocycles. The number of fused-ring (bicyclic) bond motifs is 2. The third-order valence-corrected chi connectivity index (χ3v) is 5.55. The summed E-state index contributed by atoms with van der Waals surface area (Å²) in [6.45, 7) is 3.58. The van der Waals surface area contributed by atoms with Gasteiger partial charge in [-0.25, -0.2) is 0 Å². The smallest absolute Gasteiger partial charge is 0.0250 e. The van der Waals surface area contributed by atoms with Gasteiger partial charge in [0.15, 0.2) is 0 Å². The zero-order valence-corrected chi connectivity index (χ0v) is 13.3. The van der Waals surface area contributed by atoms with Gasteiger partial charge in [-0.15, -0.1) is 0 Å². The van der Waals surface area contributed by atoms with Crippen molar-refractivity contribution in [3.05, 3.63) is 48.0 Å². The molecule has 2 nitrogen and oxygen atoms in total. The van der Waals surface area contributed by atoms with Crippen LogP contribution in [0.1, 0.15) is 31.2 Å². The molecule has 0 aromatic heterocycles. The fourth-order valence-corrected chi connectivity index (χ4v) is 4.40. The second-order valence-electron chi connectivity index (χ2n) is 6.84. The van der Waals surface area contributed by atoms with Gasteiger partial charge >= 0.3 is 0 Å². The molecule has 1 saturated heterocycles. The van der Waals surface area contributed by atoms with E-state index in [-0.39, 0.29) is 0 Å². The largest absolute Gasteiger partial charge is 0.311 e. The van der Waals surface area contributed by atoms with E-state index in [0.29, 0.717) is 0 Å².